The molecule has 1 aliphatic rings. The maximum absolute atomic E-state index is 12.8. The number of sulfonamides is 1. The number of rotatable bonds is 5. The van der Waals surface area contributed by atoms with Gasteiger partial charge >= 0.3 is 0 Å². The summed E-state index contributed by atoms with van der Waals surface area (Å²) in [6, 6.07) is 13.2. The van der Waals surface area contributed by atoms with Gasteiger partial charge < -0.3 is 14.1 Å². The van der Waals surface area contributed by atoms with Crippen LogP contribution in [0.5, 0.6) is 5.75 Å². The monoisotopic (exact) mass is 426 g/mol. The quantitative estimate of drug-likeness (QED) is 0.666. The van der Waals surface area contributed by atoms with Gasteiger partial charge in [-0.05, 0) is 79.4 Å². The van der Waals surface area contributed by atoms with Crippen molar-refractivity contribution in [3.8, 4) is 5.75 Å². The average molecular weight is 426 g/mol. The van der Waals surface area contributed by atoms with Gasteiger partial charge in [0.05, 0.1) is 18.3 Å². The molecule has 30 heavy (non-hydrogen) atoms. The summed E-state index contributed by atoms with van der Waals surface area (Å²) >= 11 is 0. The Bertz CT molecular complexity index is 1190. The molecule has 2 aromatic carbocycles. The van der Waals surface area contributed by atoms with Gasteiger partial charge in [0.2, 0.25) is 0 Å². The molecule has 156 valence electrons. The van der Waals surface area contributed by atoms with Crippen LogP contribution in [0.4, 0.5) is 11.4 Å². The predicted molar refractivity (Wildman–Crippen MR) is 114 cm³/mol. The van der Waals surface area contributed by atoms with E-state index < -0.39 is 10.0 Å². The standard InChI is InChI=1S/C22H22N2O5S/c1-15-13-18(8-10-20(15)28-2)30(26,27)23-17-7-9-19-16(14-17)5-3-11-24(19)22(25)21-6-4-12-29-21/h4,6-10,12-14,23H,3,5,11H2,1-2H3. The number of nitrogens with one attached hydrogen (secondary N) is 1. The zero-order chi connectivity index (χ0) is 21.3. The Hall–Kier alpha value is -3.26. The molecule has 0 bridgehead atoms. The fraction of sp³-hybridized carbons (Fsp3) is 0.227. The third-order valence-corrected chi connectivity index (χ3v) is 6.48. The SMILES string of the molecule is COc1ccc(S(=O)(=O)Nc2ccc3c(c2)CCCN3C(=O)c2ccco2)cc1C. The van der Waals surface area contributed by atoms with Gasteiger partial charge in [-0.1, -0.05) is 0 Å². The molecular weight excluding hydrogens is 404 g/mol. The van der Waals surface area contributed by atoms with Crippen molar-refractivity contribution in [2.24, 2.45) is 0 Å². The molecule has 1 N–H and O–H groups in total. The highest BCUT2D eigenvalue weighted by Crippen LogP contribution is 2.32. The minimum Gasteiger partial charge on any atom is -0.496 e. The van der Waals surface area contributed by atoms with Crippen molar-refractivity contribution in [3.63, 3.8) is 0 Å². The van der Waals surface area contributed by atoms with E-state index >= 15 is 0 Å². The summed E-state index contributed by atoms with van der Waals surface area (Å²) in [7, 11) is -2.21. The lowest BCUT2D eigenvalue weighted by Gasteiger charge is -2.29. The zero-order valence-corrected chi connectivity index (χ0v) is 17.5. The van der Waals surface area contributed by atoms with E-state index in [4.69, 9.17) is 9.15 Å². The van der Waals surface area contributed by atoms with E-state index in [2.05, 4.69) is 4.72 Å². The van der Waals surface area contributed by atoms with Crippen LogP contribution in [-0.4, -0.2) is 28.0 Å². The Morgan fingerprint density at radius 1 is 1.17 bits per heavy atom. The first-order chi connectivity index (χ1) is 14.4. The van der Waals surface area contributed by atoms with Crippen LogP contribution in [0.2, 0.25) is 0 Å². The molecule has 0 spiro atoms. The van der Waals surface area contributed by atoms with Crippen LogP contribution in [0.1, 0.15) is 28.1 Å². The number of carbonyl (C=O) groups excluding carboxylic acids is 1. The Balaban J connectivity index is 1.60. The molecule has 0 saturated carbocycles. The molecule has 8 heteroatoms. The van der Waals surface area contributed by atoms with Gasteiger partial charge in [0, 0.05) is 17.9 Å². The summed E-state index contributed by atoms with van der Waals surface area (Å²) in [4.78, 5) is 14.5. The number of furan rings is 1. The summed E-state index contributed by atoms with van der Waals surface area (Å²) < 4.78 is 38.7. The minimum atomic E-state index is -3.75. The van der Waals surface area contributed by atoms with Crippen LogP contribution in [0.25, 0.3) is 0 Å². The number of fused-ring (bicyclic) bond motifs is 1. The van der Waals surface area contributed by atoms with E-state index in [1.54, 1.807) is 61.4 Å². The second kappa shape index (κ2) is 7.87. The van der Waals surface area contributed by atoms with Crippen molar-refractivity contribution in [1.82, 2.24) is 0 Å². The van der Waals surface area contributed by atoms with Crippen LogP contribution in [-0.2, 0) is 16.4 Å². The maximum Gasteiger partial charge on any atom is 0.293 e. The highest BCUT2D eigenvalue weighted by molar-refractivity contribution is 7.92. The number of methoxy groups -OCH3 is 1. The van der Waals surface area contributed by atoms with Crippen molar-refractivity contribution in [3.05, 3.63) is 71.7 Å². The highest BCUT2D eigenvalue weighted by atomic mass is 32.2. The van der Waals surface area contributed by atoms with E-state index in [9.17, 15) is 13.2 Å². The molecular formula is C22H22N2O5S. The lowest BCUT2D eigenvalue weighted by molar-refractivity contribution is 0.0958. The summed E-state index contributed by atoms with van der Waals surface area (Å²) in [6.07, 6.45) is 3.01. The predicted octanol–water partition coefficient (Wildman–Crippen LogP) is 3.99. The molecule has 3 aromatic rings. The fourth-order valence-corrected chi connectivity index (χ4v) is 4.77. The molecule has 2 heterocycles. The van der Waals surface area contributed by atoms with Crippen molar-refractivity contribution >= 4 is 27.3 Å². The summed E-state index contributed by atoms with van der Waals surface area (Å²) in [5.74, 6) is 0.703. The van der Waals surface area contributed by atoms with Gasteiger partial charge in [0.1, 0.15) is 5.75 Å². The summed E-state index contributed by atoms with van der Waals surface area (Å²) in [5.41, 5.74) is 2.87. The highest BCUT2D eigenvalue weighted by Gasteiger charge is 2.26. The average Bonchev–Trinajstić information content (AvgIpc) is 3.27. The van der Waals surface area contributed by atoms with E-state index in [0.717, 1.165) is 29.7 Å². The van der Waals surface area contributed by atoms with Crippen molar-refractivity contribution in [1.29, 1.82) is 0 Å². The van der Waals surface area contributed by atoms with Gasteiger partial charge in [-0.2, -0.15) is 0 Å². The molecule has 0 aliphatic carbocycles. The number of hydrogen-bond donors (Lipinski definition) is 1. The van der Waals surface area contributed by atoms with E-state index in [-0.39, 0.29) is 16.6 Å². The Kier molecular flexibility index (Phi) is 5.26. The second-order valence-electron chi connectivity index (χ2n) is 7.12. The lowest BCUT2D eigenvalue weighted by Crippen LogP contribution is -2.35. The molecule has 0 radical (unpaired) electrons. The molecule has 0 atom stereocenters. The minimum absolute atomic E-state index is 0.160. The second-order valence-corrected chi connectivity index (χ2v) is 8.80. The summed E-state index contributed by atoms with van der Waals surface area (Å²) in [5, 5.41) is 0. The number of hydrogen-bond acceptors (Lipinski definition) is 5. The van der Waals surface area contributed by atoms with Crippen LogP contribution in [0, 0.1) is 6.92 Å². The third-order valence-electron chi connectivity index (χ3n) is 5.10. The number of carbonyl (C=O) groups is 1. The first-order valence-corrected chi connectivity index (χ1v) is 11.0. The van der Waals surface area contributed by atoms with Crippen LogP contribution in [0.3, 0.4) is 0 Å². The zero-order valence-electron chi connectivity index (χ0n) is 16.7. The van der Waals surface area contributed by atoms with Gasteiger partial charge in [-0.3, -0.25) is 9.52 Å². The molecule has 1 aromatic heterocycles. The van der Waals surface area contributed by atoms with Gasteiger partial charge in [-0.15, -0.1) is 0 Å². The van der Waals surface area contributed by atoms with Crippen molar-refractivity contribution in [2.75, 3.05) is 23.3 Å². The van der Waals surface area contributed by atoms with Crippen molar-refractivity contribution < 1.29 is 22.4 Å². The van der Waals surface area contributed by atoms with Gasteiger partial charge in [0.15, 0.2) is 5.76 Å². The summed E-state index contributed by atoms with van der Waals surface area (Å²) in [6.45, 7) is 2.38. The number of ether oxygens (including phenoxy) is 1. The Morgan fingerprint density at radius 2 is 2.00 bits per heavy atom. The molecule has 1 amide bonds. The van der Waals surface area contributed by atoms with E-state index in [1.807, 2.05) is 0 Å². The molecule has 7 nitrogen and oxygen atoms in total. The lowest BCUT2D eigenvalue weighted by atomic mass is 10.0. The number of benzene rings is 2. The smallest absolute Gasteiger partial charge is 0.293 e. The first-order valence-electron chi connectivity index (χ1n) is 9.55. The number of nitrogens with zero attached hydrogens (tertiary/aromatic N) is 1. The van der Waals surface area contributed by atoms with Crippen LogP contribution in [0.15, 0.2) is 64.1 Å². The van der Waals surface area contributed by atoms with Gasteiger partial charge in [0.25, 0.3) is 15.9 Å². The van der Waals surface area contributed by atoms with Gasteiger partial charge in [-0.25, -0.2) is 8.42 Å². The number of amides is 1. The largest absolute Gasteiger partial charge is 0.496 e. The fourth-order valence-electron chi connectivity index (χ4n) is 3.64. The molecule has 1 aliphatic heterocycles. The van der Waals surface area contributed by atoms with Crippen LogP contribution < -0.4 is 14.4 Å². The Morgan fingerprint density at radius 3 is 2.70 bits per heavy atom. The van der Waals surface area contributed by atoms with Crippen molar-refractivity contribution in [2.45, 2.75) is 24.7 Å². The maximum atomic E-state index is 12.8. The number of anilines is 2. The number of aryl methyl sites for hydroxylation is 2. The molecule has 0 saturated heterocycles. The first kappa shape index (κ1) is 20.0. The van der Waals surface area contributed by atoms with Crippen LogP contribution >= 0.6 is 0 Å². The molecule has 0 unspecified atom stereocenters. The molecule has 4 rings (SSSR count). The van der Waals surface area contributed by atoms with E-state index in [1.165, 1.54) is 12.3 Å². The Labute approximate surface area is 175 Å². The third kappa shape index (κ3) is 3.78. The van der Waals surface area contributed by atoms with E-state index in [0.29, 0.717) is 18.0 Å². The molecule has 0 fully saturated rings. The normalized spacial score (nSPS) is 13.6. The topological polar surface area (TPSA) is 88.9 Å².